The van der Waals surface area contributed by atoms with E-state index in [0.717, 1.165) is 13.2 Å². The zero-order valence-electron chi connectivity index (χ0n) is 11.3. The van der Waals surface area contributed by atoms with Crippen molar-refractivity contribution in [3.05, 3.63) is 34.9 Å². The minimum absolute atomic E-state index is 0.0732. The number of ether oxygens (including phenoxy) is 1. The molecule has 1 saturated heterocycles. The van der Waals surface area contributed by atoms with Gasteiger partial charge in [-0.3, -0.25) is 0 Å². The predicted molar refractivity (Wildman–Crippen MR) is 71.2 cm³/mol. The van der Waals surface area contributed by atoms with Gasteiger partial charge in [-0.2, -0.15) is 0 Å². The molecule has 0 saturated carbocycles. The van der Waals surface area contributed by atoms with Crippen LogP contribution >= 0.6 is 0 Å². The average molecular weight is 233 g/mol. The van der Waals surface area contributed by atoms with Crippen LogP contribution in [-0.2, 0) is 10.2 Å². The molecule has 0 bridgehead atoms. The lowest BCUT2D eigenvalue weighted by molar-refractivity contribution is -0.116. The minimum atomic E-state index is 0.0732. The molecule has 94 valence electrons. The summed E-state index contributed by atoms with van der Waals surface area (Å²) >= 11 is 0. The molecule has 0 aliphatic carbocycles. The van der Waals surface area contributed by atoms with E-state index in [4.69, 9.17) is 10.5 Å². The van der Waals surface area contributed by atoms with Crippen LogP contribution in [0, 0.1) is 19.3 Å². The molecule has 1 aromatic carbocycles. The molecule has 1 aliphatic heterocycles. The smallest absolute Gasteiger partial charge is 0.0591 e. The highest BCUT2D eigenvalue weighted by atomic mass is 16.5. The molecule has 2 heteroatoms. The summed E-state index contributed by atoms with van der Waals surface area (Å²) in [5.74, 6) is 0. The van der Waals surface area contributed by atoms with Gasteiger partial charge < -0.3 is 10.5 Å². The Bertz CT molecular complexity index is 419. The number of rotatable bonds is 3. The van der Waals surface area contributed by atoms with Gasteiger partial charge in [0.25, 0.3) is 0 Å². The molecule has 17 heavy (non-hydrogen) atoms. The maximum atomic E-state index is 5.97. The Kier molecular flexibility index (Phi) is 3.04. The summed E-state index contributed by atoms with van der Waals surface area (Å²) in [7, 11) is 0. The van der Waals surface area contributed by atoms with Gasteiger partial charge in [0.15, 0.2) is 0 Å². The maximum Gasteiger partial charge on any atom is 0.0591 e. The molecule has 0 radical (unpaired) electrons. The first-order valence-corrected chi connectivity index (χ1v) is 6.28. The predicted octanol–water partition coefficient (Wildman–Crippen LogP) is 2.56. The molecular weight excluding hydrogens is 210 g/mol. The Balaban J connectivity index is 2.52. The van der Waals surface area contributed by atoms with Crippen LogP contribution in [0.2, 0.25) is 0 Å². The Morgan fingerprint density at radius 2 is 1.94 bits per heavy atom. The normalized spacial score (nSPS) is 18.9. The van der Waals surface area contributed by atoms with Gasteiger partial charge in [-0.15, -0.1) is 0 Å². The van der Waals surface area contributed by atoms with Gasteiger partial charge >= 0.3 is 0 Å². The molecule has 1 aromatic rings. The summed E-state index contributed by atoms with van der Waals surface area (Å²) in [6, 6.07) is 6.67. The standard InChI is InChI=1S/C15H23NO/c1-11-5-6-12(2)13(7-11)15(9-17-10-15)14(3,4)8-16/h5-7H,8-10,16H2,1-4H3. The highest BCUT2D eigenvalue weighted by Gasteiger charge is 2.51. The van der Waals surface area contributed by atoms with Crippen LogP contribution < -0.4 is 5.73 Å². The second-order valence-electron chi connectivity index (χ2n) is 5.98. The van der Waals surface area contributed by atoms with Crippen LogP contribution in [0.5, 0.6) is 0 Å². The molecule has 2 rings (SSSR count). The molecule has 1 heterocycles. The topological polar surface area (TPSA) is 35.2 Å². The Hall–Kier alpha value is -0.860. The summed E-state index contributed by atoms with van der Waals surface area (Å²) in [6.45, 7) is 11.1. The largest absolute Gasteiger partial charge is 0.379 e. The molecule has 0 atom stereocenters. The van der Waals surface area contributed by atoms with Crippen molar-refractivity contribution in [2.75, 3.05) is 19.8 Å². The Morgan fingerprint density at radius 3 is 2.41 bits per heavy atom. The van der Waals surface area contributed by atoms with E-state index in [1.54, 1.807) is 0 Å². The summed E-state index contributed by atoms with van der Waals surface area (Å²) < 4.78 is 5.52. The number of hydrogen-bond donors (Lipinski definition) is 1. The maximum absolute atomic E-state index is 5.97. The van der Waals surface area contributed by atoms with Crippen molar-refractivity contribution in [2.45, 2.75) is 33.1 Å². The molecule has 0 aromatic heterocycles. The van der Waals surface area contributed by atoms with Gasteiger partial charge in [0.05, 0.1) is 13.2 Å². The average Bonchev–Trinajstić information content (AvgIpc) is 2.21. The summed E-state index contributed by atoms with van der Waals surface area (Å²) in [6.07, 6.45) is 0. The van der Waals surface area contributed by atoms with Gasteiger partial charge in [-0.1, -0.05) is 37.6 Å². The third kappa shape index (κ3) is 1.80. The molecule has 1 fully saturated rings. The lowest BCUT2D eigenvalue weighted by Gasteiger charge is -2.53. The van der Waals surface area contributed by atoms with E-state index < -0.39 is 0 Å². The molecule has 2 nitrogen and oxygen atoms in total. The van der Waals surface area contributed by atoms with Crippen LogP contribution in [0.1, 0.15) is 30.5 Å². The summed E-state index contributed by atoms with van der Waals surface area (Å²) in [4.78, 5) is 0. The van der Waals surface area contributed by atoms with Crippen LogP contribution in [0.15, 0.2) is 18.2 Å². The van der Waals surface area contributed by atoms with E-state index in [-0.39, 0.29) is 10.8 Å². The van der Waals surface area contributed by atoms with Crippen molar-refractivity contribution in [3.8, 4) is 0 Å². The van der Waals surface area contributed by atoms with Crippen LogP contribution in [0.4, 0.5) is 0 Å². The van der Waals surface area contributed by atoms with Crippen molar-refractivity contribution < 1.29 is 4.74 Å². The lowest BCUT2D eigenvalue weighted by atomic mass is 9.59. The van der Waals surface area contributed by atoms with Gasteiger partial charge in [0.1, 0.15) is 0 Å². The molecule has 0 unspecified atom stereocenters. The molecular formula is C15H23NO. The van der Waals surface area contributed by atoms with Crippen LogP contribution in [0.25, 0.3) is 0 Å². The first-order valence-electron chi connectivity index (χ1n) is 6.28. The van der Waals surface area contributed by atoms with Gasteiger partial charge in [0.2, 0.25) is 0 Å². The minimum Gasteiger partial charge on any atom is -0.379 e. The molecule has 1 aliphatic rings. The Morgan fingerprint density at radius 1 is 1.29 bits per heavy atom. The quantitative estimate of drug-likeness (QED) is 0.871. The zero-order chi connectivity index (χ0) is 12.7. The van der Waals surface area contributed by atoms with Crippen LogP contribution in [0.3, 0.4) is 0 Å². The Labute approximate surface area is 104 Å². The number of nitrogens with two attached hydrogens (primary N) is 1. The van der Waals surface area contributed by atoms with E-state index in [1.807, 2.05) is 0 Å². The third-order valence-electron chi connectivity index (χ3n) is 4.41. The highest BCUT2D eigenvalue weighted by Crippen LogP contribution is 2.47. The number of benzene rings is 1. The first kappa shape index (κ1) is 12.6. The van der Waals surface area contributed by atoms with E-state index in [2.05, 4.69) is 45.9 Å². The van der Waals surface area contributed by atoms with Crippen molar-refractivity contribution in [2.24, 2.45) is 11.1 Å². The fraction of sp³-hybridized carbons (Fsp3) is 0.600. The highest BCUT2D eigenvalue weighted by molar-refractivity contribution is 5.40. The number of aryl methyl sites for hydroxylation is 2. The third-order valence-corrected chi connectivity index (χ3v) is 4.41. The van der Waals surface area contributed by atoms with Crippen molar-refractivity contribution in [3.63, 3.8) is 0 Å². The van der Waals surface area contributed by atoms with E-state index >= 15 is 0 Å². The monoisotopic (exact) mass is 233 g/mol. The second kappa shape index (κ2) is 4.11. The van der Waals surface area contributed by atoms with E-state index in [9.17, 15) is 0 Å². The molecule has 0 spiro atoms. The van der Waals surface area contributed by atoms with Crippen molar-refractivity contribution >= 4 is 0 Å². The van der Waals surface area contributed by atoms with Crippen molar-refractivity contribution in [1.82, 2.24) is 0 Å². The van der Waals surface area contributed by atoms with Gasteiger partial charge in [-0.25, -0.2) is 0 Å². The fourth-order valence-electron chi connectivity index (χ4n) is 2.66. The fourth-order valence-corrected chi connectivity index (χ4v) is 2.66. The summed E-state index contributed by atoms with van der Waals surface area (Å²) in [5.41, 5.74) is 10.2. The van der Waals surface area contributed by atoms with E-state index in [0.29, 0.717) is 6.54 Å². The van der Waals surface area contributed by atoms with Crippen molar-refractivity contribution in [1.29, 1.82) is 0 Å². The first-order chi connectivity index (χ1) is 7.93. The summed E-state index contributed by atoms with van der Waals surface area (Å²) in [5, 5.41) is 0. The lowest BCUT2D eigenvalue weighted by Crippen LogP contribution is -2.59. The SMILES string of the molecule is Cc1ccc(C)c(C2(C(C)(C)CN)COC2)c1. The second-order valence-corrected chi connectivity index (χ2v) is 5.98. The van der Waals surface area contributed by atoms with E-state index in [1.165, 1.54) is 16.7 Å². The zero-order valence-corrected chi connectivity index (χ0v) is 11.3. The number of hydrogen-bond acceptors (Lipinski definition) is 2. The van der Waals surface area contributed by atoms with Gasteiger partial charge in [-0.05, 0) is 36.9 Å². The molecule has 0 amide bonds. The van der Waals surface area contributed by atoms with Gasteiger partial charge in [0, 0.05) is 5.41 Å². The molecule has 2 N–H and O–H groups in total. The van der Waals surface area contributed by atoms with Crippen LogP contribution in [-0.4, -0.2) is 19.8 Å².